The first-order valence-electron chi connectivity index (χ1n) is 10.2. The third kappa shape index (κ3) is 4.43. The molecule has 152 valence electrons. The van der Waals surface area contributed by atoms with E-state index >= 15 is 0 Å². The lowest BCUT2D eigenvalue weighted by atomic mass is 10.1. The Hall–Kier alpha value is -3.01. The van der Waals surface area contributed by atoms with E-state index in [0.29, 0.717) is 18.1 Å². The summed E-state index contributed by atoms with van der Waals surface area (Å²) in [6.45, 7) is 3.22. The Morgan fingerprint density at radius 3 is 2.80 bits per heavy atom. The number of nitrogens with one attached hydrogen (secondary N) is 1. The van der Waals surface area contributed by atoms with Gasteiger partial charge in [0.15, 0.2) is 0 Å². The van der Waals surface area contributed by atoms with Crippen molar-refractivity contribution in [3.63, 3.8) is 0 Å². The first-order chi connectivity index (χ1) is 14.7. The van der Waals surface area contributed by atoms with E-state index < -0.39 is 0 Å². The van der Waals surface area contributed by atoms with Crippen LogP contribution in [0.4, 0.5) is 5.69 Å². The molecule has 0 spiro atoms. The molecule has 1 N–H and O–H groups in total. The van der Waals surface area contributed by atoms with Crippen LogP contribution >= 0.6 is 11.3 Å². The zero-order valence-corrected chi connectivity index (χ0v) is 17.8. The van der Waals surface area contributed by atoms with Crippen LogP contribution in [-0.4, -0.2) is 27.5 Å². The molecule has 3 aromatic rings. The molecule has 30 heavy (non-hydrogen) atoms. The van der Waals surface area contributed by atoms with Gasteiger partial charge in [-0.05, 0) is 48.1 Å². The zero-order valence-electron chi connectivity index (χ0n) is 17.0. The Labute approximate surface area is 181 Å². The van der Waals surface area contributed by atoms with Crippen LogP contribution in [0, 0.1) is 12.3 Å². The van der Waals surface area contributed by atoms with Crippen molar-refractivity contribution in [2.24, 2.45) is 0 Å². The van der Waals surface area contributed by atoms with Crippen LogP contribution in [0.3, 0.4) is 0 Å². The van der Waals surface area contributed by atoms with Gasteiger partial charge in [-0.15, -0.1) is 16.6 Å². The maximum Gasteiger partial charge on any atom is 0.286 e. The highest BCUT2D eigenvalue weighted by atomic mass is 32.1. The van der Waals surface area contributed by atoms with Crippen LogP contribution < -0.4 is 5.32 Å². The van der Waals surface area contributed by atoms with Gasteiger partial charge in [-0.2, -0.15) is 0 Å². The average Bonchev–Trinajstić information content (AvgIpc) is 3.41. The highest BCUT2D eigenvalue weighted by Gasteiger charge is 2.28. The number of fused-ring (bicyclic) bond motifs is 1. The normalized spacial score (nSPS) is 15.0. The maximum absolute atomic E-state index is 12.6. The summed E-state index contributed by atoms with van der Waals surface area (Å²) in [7, 11) is 0. The molecule has 1 atom stereocenters. The fraction of sp³-hybridized carbons (Fsp3) is 0.292. The van der Waals surface area contributed by atoms with Crippen molar-refractivity contribution in [3.8, 4) is 12.3 Å². The quantitative estimate of drug-likeness (QED) is 0.577. The lowest BCUT2D eigenvalue weighted by molar-refractivity contribution is 0.102. The molecule has 1 heterocycles. The number of hydrogen-bond acceptors (Lipinski definition) is 5. The predicted molar refractivity (Wildman–Crippen MR) is 120 cm³/mol. The van der Waals surface area contributed by atoms with E-state index in [2.05, 4.69) is 57.5 Å². The van der Waals surface area contributed by atoms with Crippen LogP contribution in [0.15, 0.2) is 48.5 Å². The van der Waals surface area contributed by atoms with Crippen LogP contribution in [0.2, 0.25) is 0 Å². The van der Waals surface area contributed by atoms with Crippen molar-refractivity contribution in [1.29, 1.82) is 0 Å². The minimum absolute atomic E-state index is 0.238. The van der Waals surface area contributed by atoms with E-state index in [1.807, 2.05) is 24.3 Å². The van der Waals surface area contributed by atoms with E-state index in [0.717, 1.165) is 30.0 Å². The van der Waals surface area contributed by atoms with Crippen LogP contribution in [-0.2, 0) is 19.4 Å². The monoisotopic (exact) mass is 416 g/mol. The number of hydrogen-bond donors (Lipinski definition) is 1. The number of benzene rings is 2. The van der Waals surface area contributed by atoms with Crippen LogP contribution in [0.1, 0.15) is 50.9 Å². The Morgan fingerprint density at radius 2 is 2.03 bits per heavy atom. The highest BCUT2D eigenvalue weighted by molar-refractivity contribution is 7.13. The SMILES string of the molecule is C#CCN(Cc1nnc(C(=O)Nc2ccc(CC)cc2)s1)C1CCc2ccccc21. The van der Waals surface area contributed by atoms with Gasteiger partial charge in [-0.3, -0.25) is 9.69 Å². The fourth-order valence-electron chi connectivity index (χ4n) is 3.90. The zero-order chi connectivity index (χ0) is 20.9. The number of amides is 1. The molecule has 4 rings (SSSR count). The van der Waals surface area contributed by atoms with Gasteiger partial charge in [0, 0.05) is 11.7 Å². The standard InChI is InChI=1S/C24H24N4OS/c1-3-15-28(21-14-11-18-7-5-6-8-20(18)21)16-22-26-27-24(30-22)23(29)25-19-12-9-17(4-2)10-13-19/h1,5-10,12-13,21H,4,11,14-16H2,2H3,(H,25,29). The van der Waals surface area contributed by atoms with Gasteiger partial charge in [-0.1, -0.05) is 60.6 Å². The Bertz CT molecular complexity index is 1070. The van der Waals surface area contributed by atoms with Crippen molar-refractivity contribution in [2.75, 3.05) is 11.9 Å². The molecule has 6 heteroatoms. The number of aromatic nitrogens is 2. The van der Waals surface area contributed by atoms with Crippen molar-refractivity contribution in [1.82, 2.24) is 15.1 Å². The summed E-state index contributed by atoms with van der Waals surface area (Å²) in [4.78, 5) is 14.8. The molecule has 0 saturated carbocycles. The second-order valence-electron chi connectivity index (χ2n) is 7.37. The summed E-state index contributed by atoms with van der Waals surface area (Å²) < 4.78 is 0. The van der Waals surface area contributed by atoms with E-state index in [1.165, 1.54) is 28.0 Å². The second kappa shape index (κ2) is 9.21. The molecule has 1 unspecified atom stereocenters. The Kier molecular flexibility index (Phi) is 6.22. The summed E-state index contributed by atoms with van der Waals surface area (Å²) in [6.07, 6.45) is 8.71. The van der Waals surface area contributed by atoms with Gasteiger partial charge >= 0.3 is 0 Å². The Morgan fingerprint density at radius 1 is 1.23 bits per heavy atom. The maximum atomic E-state index is 12.6. The molecular weight excluding hydrogens is 392 g/mol. The lowest BCUT2D eigenvalue weighted by Crippen LogP contribution is -2.27. The molecule has 0 bridgehead atoms. The van der Waals surface area contributed by atoms with Crippen LogP contribution in [0.5, 0.6) is 0 Å². The Balaban J connectivity index is 1.44. The molecule has 5 nitrogen and oxygen atoms in total. The van der Waals surface area contributed by atoms with Crippen molar-refractivity contribution in [2.45, 2.75) is 38.8 Å². The molecule has 0 saturated heterocycles. The van der Waals surface area contributed by atoms with Gasteiger partial charge < -0.3 is 5.32 Å². The summed E-state index contributed by atoms with van der Waals surface area (Å²) in [5.74, 6) is 2.53. The van der Waals surface area contributed by atoms with E-state index in [1.54, 1.807) is 0 Å². The van der Waals surface area contributed by atoms with Crippen molar-refractivity contribution >= 4 is 22.9 Å². The number of aryl methyl sites for hydroxylation is 2. The number of nitrogens with zero attached hydrogens (tertiary/aromatic N) is 3. The average molecular weight is 417 g/mol. The van der Waals surface area contributed by atoms with Gasteiger partial charge in [0.25, 0.3) is 5.91 Å². The molecule has 1 aliphatic rings. The molecule has 1 aromatic heterocycles. The third-order valence-electron chi connectivity index (χ3n) is 5.46. The number of terminal acetylenes is 1. The molecular formula is C24H24N4OS. The second-order valence-corrected chi connectivity index (χ2v) is 8.43. The number of carbonyl (C=O) groups excluding carboxylic acids is 1. The smallest absolute Gasteiger partial charge is 0.286 e. The van der Waals surface area contributed by atoms with Crippen molar-refractivity contribution in [3.05, 3.63) is 75.2 Å². The van der Waals surface area contributed by atoms with E-state index in [-0.39, 0.29) is 11.9 Å². The molecule has 1 amide bonds. The molecule has 0 radical (unpaired) electrons. The van der Waals surface area contributed by atoms with Gasteiger partial charge in [0.2, 0.25) is 5.01 Å². The van der Waals surface area contributed by atoms with Gasteiger partial charge in [0.05, 0.1) is 13.1 Å². The largest absolute Gasteiger partial charge is 0.320 e. The number of carbonyl (C=O) groups is 1. The minimum Gasteiger partial charge on any atom is -0.320 e. The molecule has 0 fully saturated rings. The minimum atomic E-state index is -0.238. The summed E-state index contributed by atoms with van der Waals surface area (Å²) >= 11 is 1.32. The van der Waals surface area contributed by atoms with Crippen molar-refractivity contribution < 1.29 is 4.79 Å². The van der Waals surface area contributed by atoms with Crippen LogP contribution in [0.25, 0.3) is 0 Å². The van der Waals surface area contributed by atoms with E-state index in [4.69, 9.17) is 6.42 Å². The van der Waals surface area contributed by atoms with Gasteiger partial charge in [0.1, 0.15) is 5.01 Å². The summed E-state index contributed by atoms with van der Waals surface area (Å²) in [6, 6.07) is 16.6. The molecule has 1 aliphatic carbocycles. The highest BCUT2D eigenvalue weighted by Crippen LogP contribution is 2.36. The van der Waals surface area contributed by atoms with E-state index in [9.17, 15) is 4.79 Å². The fourth-order valence-corrected chi connectivity index (χ4v) is 4.66. The summed E-state index contributed by atoms with van der Waals surface area (Å²) in [5, 5.41) is 12.4. The summed E-state index contributed by atoms with van der Waals surface area (Å²) in [5.41, 5.74) is 4.71. The topological polar surface area (TPSA) is 58.1 Å². The van der Waals surface area contributed by atoms with Gasteiger partial charge in [-0.25, -0.2) is 0 Å². The first kappa shape index (κ1) is 20.3. The molecule has 0 aliphatic heterocycles. The number of anilines is 1. The third-order valence-corrected chi connectivity index (χ3v) is 6.36. The number of rotatable bonds is 7. The first-order valence-corrected chi connectivity index (χ1v) is 11.0. The molecule has 2 aromatic carbocycles. The lowest BCUT2D eigenvalue weighted by Gasteiger charge is -2.26. The predicted octanol–water partition coefficient (Wildman–Crippen LogP) is 4.48.